The van der Waals surface area contributed by atoms with Crippen LogP contribution >= 0.6 is 0 Å². The van der Waals surface area contributed by atoms with Crippen LogP contribution in [0.5, 0.6) is 17.4 Å². The van der Waals surface area contributed by atoms with Gasteiger partial charge in [0.25, 0.3) is 0 Å². The summed E-state index contributed by atoms with van der Waals surface area (Å²) in [6.07, 6.45) is 1.78. The Balaban J connectivity index is 1.42. The normalized spacial score (nSPS) is 12.1. The van der Waals surface area contributed by atoms with Crippen LogP contribution in [-0.2, 0) is 10.8 Å². The summed E-state index contributed by atoms with van der Waals surface area (Å²) in [4.78, 5) is 9.94. The molecule has 0 radical (unpaired) electrons. The first-order valence-corrected chi connectivity index (χ1v) is 16.1. The minimum absolute atomic E-state index is 0.0202. The zero-order valence-corrected chi connectivity index (χ0v) is 27.7. The average molecular weight is 618 g/mol. The van der Waals surface area contributed by atoms with Crippen molar-refractivity contribution in [1.29, 1.82) is 0 Å². The zero-order chi connectivity index (χ0) is 32.9. The number of aromatic hydroxyl groups is 1. The Morgan fingerprint density at radius 2 is 1.38 bits per heavy atom. The highest BCUT2D eigenvalue weighted by Gasteiger charge is 2.26. The summed E-state index contributed by atoms with van der Waals surface area (Å²) in [6.45, 7) is 13.4. The predicted molar refractivity (Wildman–Crippen MR) is 193 cm³/mol. The van der Waals surface area contributed by atoms with Crippen LogP contribution in [0.25, 0.3) is 50.0 Å². The second-order valence-corrected chi connectivity index (χ2v) is 14.2. The van der Waals surface area contributed by atoms with Gasteiger partial charge in [0, 0.05) is 28.6 Å². The van der Waals surface area contributed by atoms with Crippen molar-refractivity contribution >= 4 is 21.9 Å². The first kappa shape index (κ1) is 30.2. The second-order valence-electron chi connectivity index (χ2n) is 14.2. The van der Waals surface area contributed by atoms with Gasteiger partial charge in [-0.15, -0.1) is 0 Å². The maximum atomic E-state index is 11.1. The van der Waals surface area contributed by atoms with Crippen LogP contribution in [-0.4, -0.2) is 19.6 Å². The van der Waals surface area contributed by atoms with Crippen molar-refractivity contribution in [3.8, 4) is 45.5 Å². The minimum atomic E-state index is -0.204. The molecule has 0 unspecified atom stereocenters. The molecule has 234 valence electrons. The van der Waals surface area contributed by atoms with Crippen LogP contribution in [0.2, 0.25) is 0 Å². The van der Waals surface area contributed by atoms with Crippen molar-refractivity contribution in [2.24, 2.45) is 0 Å². The summed E-state index contributed by atoms with van der Waals surface area (Å²) in [5, 5.41) is 13.2. The van der Waals surface area contributed by atoms with E-state index in [2.05, 4.69) is 93.6 Å². The van der Waals surface area contributed by atoms with Gasteiger partial charge in [0.15, 0.2) is 0 Å². The number of benzene rings is 4. The first-order chi connectivity index (χ1) is 22.5. The molecule has 4 aromatic carbocycles. The number of ether oxygens (including phenoxy) is 1. The topological polar surface area (TPSA) is 60.2 Å². The minimum Gasteiger partial charge on any atom is -0.506 e. The van der Waals surface area contributed by atoms with Crippen LogP contribution in [0.4, 0.5) is 0 Å². The largest absolute Gasteiger partial charge is 0.506 e. The summed E-state index contributed by atoms with van der Waals surface area (Å²) >= 11 is 0. The van der Waals surface area contributed by atoms with E-state index in [1.54, 1.807) is 12.3 Å². The molecular formula is C42H39N3O2. The van der Waals surface area contributed by atoms with Gasteiger partial charge in [-0.05, 0) is 81.6 Å². The molecule has 5 nitrogen and oxygen atoms in total. The number of rotatable bonds is 5. The molecule has 3 aromatic heterocycles. The molecule has 0 bridgehead atoms. The summed E-state index contributed by atoms with van der Waals surface area (Å²) in [6, 6.07) is 38.6. The Morgan fingerprint density at radius 1 is 0.638 bits per heavy atom. The van der Waals surface area contributed by atoms with Crippen LogP contribution in [0.3, 0.4) is 0 Å². The number of para-hydroxylation sites is 2. The lowest BCUT2D eigenvalue weighted by atomic mass is 9.83. The lowest BCUT2D eigenvalue weighted by molar-refractivity contribution is 0.463. The maximum Gasteiger partial charge on any atom is 0.219 e. The van der Waals surface area contributed by atoms with E-state index in [1.807, 2.05) is 66.7 Å². The van der Waals surface area contributed by atoms with E-state index in [0.717, 1.165) is 49.9 Å². The lowest BCUT2D eigenvalue weighted by Gasteiger charge is -2.23. The van der Waals surface area contributed by atoms with E-state index in [4.69, 9.17) is 9.72 Å². The molecule has 0 spiro atoms. The van der Waals surface area contributed by atoms with Gasteiger partial charge in [-0.25, -0.2) is 9.97 Å². The van der Waals surface area contributed by atoms with Crippen LogP contribution in [0.1, 0.15) is 52.7 Å². The predicted octanol–water partition coefficient (Wildman–Crippen LogP) is 11.0. The molecule has 0 aliphatic heterocycles. The van der Waals surface area contributed by atoms with Crippen LogP contribution in [0.15, 0.2) is 121 Å². The van der Waals surface area contributed by atoms with Gasteiger partial charge in [0.05, 0.1) is 16.9 Å². The first-order valence-electron chi connectivity index (χ1n) is 16.1. The lowest BCUT2D eigenvalue weighted by Crippen LogP contribution is -2.14. The number of phenolic OH excluding ortho intramolecular Hbond substituents is 1. The second kappa shape index (κ2) is 11.4. The molecule has 47 heavy (non-hydrogen) atoms. The van der Waals surface area contributed by atoms with Crippen molar-refractivity contribution in [1.82, 2.24) is 14.5 Å². The van der Waals surface area contributed by atoms with E-state index in [9.17, 15) is 5.11 Å². The molecular weight excluding hydrogens is 578 g/mol. The van der Waals surface area contributed by atoms with E-state index < -0.39 is 0 Å². The van der Waals surface area contributed by atoms with E-state index >= 15 is 0 Å². The van der Waals surface area contributed by atoms with Gasteiger partial charge in [-0.3, -0.25) is 4.57 Å². The third-order valence-corrected chi connectivity index (χ3v) is 8.71. The molecule has 0 atom stereocenters. The van der Waals surface area contributed by atoms with Gasteiger partial charge in [0.1, 0.15) is 17.1 Å². The molecule has 7 rings (SSSR count). The molecule has 1 N–H and O–H groups in total. The summed E-state index contributed by atoms with van der Waals surface area (Å²) < 4.78 is 8.43. The zero-order valence-electron chi connectivity index (χ0n) is 27.7. The number of hydrogen-bond donors (Lipinski definition) is 1. The molecule has 3 heterocycles. The SMILES string of the molecule is CC(C)(C)c1ccc2c(c1)c1cc(C(C)(C)C)c(-c3cccc(Oc4cc(-c5ccccc5)ccn4)c3)nc1n2-c1ccccc1O. The Hall–Kier alpha value is -5.42. The molecule has 0 saturated carbocycles. The van der Waals surface area contributed by atoms with E-state index in [0.29, 0.717) is 17.3 Å². The van der Waals surface area contributed by atoms with Crippen molar-refractivity contribution in [3.63, 3.8) is 0 Å². The van der Waals surface area contributed by atoms with E-state index in [1.165, 1.54) is 5.56 Å². The molecule has 0 aliphatic carbocycles. The van der Waals surface area contributed by atoms with Gasteiger partial charge in [-0.1, -0.05) is 102 Å². The fourth-order valence-electron chi connectivity index (χ4n) is 6.19. The summed E-state index contributed by atoms with van der Waals surface area (Å²) in [5.41, 5.74) is 8.60. The Morgan fingerprint density at radius 3 is 2.13 bits per heavy atom. The van der Waals surface area contributed by atoms with Gasteiger partial charge in [0.2, 0.25) is 5.88 Å². The fraction of sp³-hybridized carbons (Fsp3) is 0.190. The molecule has 0 fully saturated rings. The van der Waals surface area contributed by atoms with Crippen LogP contribution < -0.4 is 4.74 Å². The fourth-order valence-corrected chi connectivity index (χ4v) is 6.19. The third-order valence-electron chi connectivity index (χ3n) is 8.71. The quantitative estimate of drug-likeness (QED) is 0.209. The number of nitrogens with zero attached hydrogens (tertiary/aromatic N) is 3. The number of fused-ring (bicyclic) bond motifs is 3. The average Bonchev–Trinajstić information content (AvgIpc) is 3.37. The van der Waals surface area contributed by atoms with Crippen molar-refractivity contribution in [2.75, 3.05) is 0 Å². The number of phenols is 1. The van der Waals surface area contributed by atoms with Crippen LogP contribution in [0, 0.1) is 0 Å². The highest BCUT2D eigenvalue weighted by atomic mass is 16.5. The maximum absolute atomic E-state index is 11.1. The Kier molecular flexibility index (Phi) is 7.35. The Bertz CT molecular complexity index is 2250. The van der Waals surface area contributed by atoms with Gasteiger partial charge in [-0.2, -0.15) is 0 Å². The third kappa shape index (κ3) is 5.74. The summed E-state index contributed by atoms with van der Waals surface area (Å²) in [5.74, 6) is 1.41. The highest BCUT2D eigenvalue weighted by molar-refractivity contribution is 6.09. The molecule has 0 aliphatic rings. The van der Waals surface area contributed by atoms with Crippen molar-refractivity contribution < 1.29 is 9.84 Å². The van der Waals surface area contributed by atoms with Gasteiger partial charge >= 0.3 is 0 Å². The molecule has 0 amide bonds. The number of aromatic nitrogens is 3. The number of pyridine rings is 2. The standard InChI is InChI=1S/C42H39N3O2/c1-41(2,3)30-19-20-35-32(25-30)33-26-34(42(4,5)6)39(44-40(33)45(35)36-17-10-11-18-37(36)46)29-15-12-16-31(23-29)47-38-24-28(21-22-43-38)27-13-8-7-9-14-27/h7-26,46H,1-6H3. The summed E-state index contributed by atoms with van der Waals surface area (Å²) in [7, 11) is 0. The smallest absolute Gasteiger partial charge is 0.219 e. The highest BCUT2D eigenvalue weighted by Crippen LogP contribution is 2.42. The van der Waals surface area contributed by atoms with E-state index in [-0.39, 0.29) is 16.6 Å². The monoisotopic (exact) mass is 617 g/mol. The van der Waals surface area contributed by atoms with Crippen molar-refractivity contribution in [3.05, 3.63) is 133 Å². The molecule has 7 aromatic rings. The van der Waals surface area contributed by atoms with Crippen molar-refractivity contribution in [2.45, 2.75) is 52.4 Å². The van der Waals surface area contributed by atoms with Gasteiger partial charge < -0.3 is 9.84 Å². The molecule has 0 saturated heterocycles. The molecule has 5 heteroatoms. The Labute approximate surface area is 276 Å². The number of hydrogen-bond acceptors (Lipinski definition) is 4.